The third kappa shape index (κ3) is 4.42. The van der Waals surface area contributed by atoms with Crippen molar-refractivity contribution >= 4 is 11.3 Å². The highest BCUT2D eigenvalue weighted by Gasteiger charge is 2.19. The largest absolute Gasteiger partial charge is 0.390 e. The van der Waals surface area contributed by atoms with Gasteiger partial charge in [0, 0.05) is 37.1 Å². The molecule has 1 aromatic carbocycles. The minimum atomic E-state index is -0.325. The standard InChI is InChI=1S/C19H26N2OS/c1-2-18(19-8-5-11-23-19)20-12-17(22)14-21-10-9-15-6-3-4-7-16(15)13-21/h3-8,11,17-18,20,22H,2,9-10,12-14H2,1H3. The van der Waals surface area contributed by atoms with Crippen LogP contribution < -0.4 is 5.32 Å². The fourth-order valence-corrected chi connectivity index (χ4v) is 4.17. The molecule has 0 fully saturated rings. The molecule has 2 N–H and O–H groups in total. The molecular weight excluding hydrogens is 304 g/mol. The first-order valence-corrected chi connectivity index (χ1v) is 9.38. The van der Waals surface area contributed by atoms with E-state index >= 15 is 0 Å². The Kier molecular flexibility index (Phi) is 5.84. The zero-order valence-electron chi connectivity index (χ0n) is 13.7. The molecule has 124 valence electrons. The Morgan fingerprint density at radius 1 is 1.22 bits per heavy atom. The molecule has 2 unspecified atom stereocenters. The minimum absolute atomic E-state index is 0.325. The first kappa shape index (κ1) is 16.7. The van der Waals surface area contributed by atoms with Crippen molar-refractivity contribution in [3.8, 4) is 0 Å². The number of hydrogen-bond donors (Lipinski definition) is 2. The number of hydrogen-bond acceptors (Lipinski definition) is 4. The van der Waals surface area contributed by atoms with Crippen molar-refractivity contribution in [1.29, 1.82) is 0 Å². The molecule has 0 saturated carbocycles. The summed E-state index contributed by atoms with van der Waals surface area (Å²) in [7, 11) is 0. The van der Waals surface area contributed by atoms with Crippen molar-refractivity contribution in [3.05, 3.63) is 57.8 Å². The Morgan fingerprint density at radius 3 is 2.78 bits per heavy atom. The summed E-state index contributed by atoms with van der Waals surface area (Å²) in [4.78, 5) is 3.72. The van der Waals surface area contributed by atoms with Gasteiger partial charge >= 0.3 is 0 Å². The van der Waals surface area contributed by atoms with Gasteiger partial charge in [-0.1, -0.05) is 37.3 Å². The second-order valence-electron chi connectivity index (χ2n) is 6.29. The zero-order chi connectivity index (χ0) is 16.1. The van der Waals surface area contributed by atoms with E-state index in [1.165, 1.54) is 16.0 Å². The summed E-state index contributed by atoms with van der Waals surface area (Å²) in [5, 5.41) is 16.0. The van der Waals surface area contributed by atoms with E-state index in [-0.39, 0.29) is 6.10 Å². The summed E-state index contributed by atoms with van der Waals surface area (Å²) in [6.07, 6.45) is 1.81. The van der Waals surface area contributed by atoms with Crippen LogP contribution in [0.5, 0.6) is 0 Å². The third-order valence-corrected chi connectivity index (χ3v) is 5.56. The molecule has 0 spiro atoms. The number of nitrogens with zero attached hydrogens (tertiary/aromatic N) is 1. The van der Waals surface area contributed by atoms with Crippen LogP contribution in [0.4, 0.5) is 0 Å². The molecule has 1 aliphatic rings. The van der Waals surface area contributed by atoms with E-state index in [1.54, 1.807) is 11.3 Å². The molecule has 23 heavy (non-hydrogen) atoms. The highest BCUT2D eigenvalue weighted by atomic mass is 32.1. The zero-order valence-corrected chi connectivity index (χ0v) is 14.6. The molecule has 2 atom stereocenters. The molecule has 1 aliphatic heterocycles. The molecule has 0 bridgehead atoms. The van der Waals surface area contributed by atoms with Crippen LogP contribution in [0, 0.1) is 0 Å². The normalized spacial score (nSPS) is 17.7. The maximum atomic E-state index is 10.4. The molecule has 0 amide bonds. The molecular formula is C19H26N2OS. The molecule has 2 aromatic rings. The van der Waals surface area contributed by atoms with E-state index in [4.69, 9.17) is 0 Å². The topological polar surface area (TPSA) is 35.5 Å². The van der Waals surface area contributed by atoms with E-state index in [2.05, 4.69) is 58.9 Å². The van der Waals surface area contributed by atoms with Crippen molar-refractivity contribution < 1.29 is 5.11 Å². The maximum Gasteiger partial charge on any atom is 0.0791 e. The number of benzene rings is 1. The summed E-state index contributed by atoms with van der Waals surface area (Å²) >= 11 is 1.78. The second kappa shape index (κ2) is 8.06. The average Bonchev–Trinajstić information content (AvgIpc) is 3.10. The van der Waals surface area contributed by atoms with E-state index in [1.807, 2.05) is 0 Å². The number of rotatable bonds is 7. The monoisotopic (exact) mass is 330 g/mol. The molecule has 3 rings (SSSR count). The lowest BCUT2D eigenvalue weighted by molar-refractivity contribution is 0.102. The van der Waals surface area contributed by atoms with Gasteiger partial charge in [0.1, 0.15) is 0 Å². The van der Waals surface area contributed by atoms with Crippen molar-refractivity contribution in [2.75, 3.05) is 19.6 Å². The van der Waals surface area contributed by atoms with Gasteiger partial charge in [-0.15, -0.1) is 11.3 Å². The Labute approximate surface area is 143 Å². The van der Waals surface area contributed by atoms with Gasteiger partial charge in [0.2, 0.25) is 0 Å². The molecule has 0 aliphatic carbocycles. The minimum Gasteiger partial charge on any atom is -0.390 e. The molecule has 0 radical (unpaired) electrons. The van der Waals surface area contributed by atoms with Gasteiger partial charge < -0.3 is 10.4 Å². The third-order valence-electron chi connectivity index (χ3n) is 4.57. The smallest absolute Gasteiger partial charge is 0.0791 e. The van der Waals surface area contributed by atoms with E-state index in [9.17, 15) is 5.11 Å². The van der Waals surface area contributed by atoms with Gasteiger partial charge in [-0.05, 0) is 35.4 Å². The van der Waals surface area contributed by atoms with E-state index in [0.717, 1.165) is 32.5 Å². The van der Waals surface area contributed by atoms with Gasteiger partial charge in [0.25, 0.3) is 0 Å². The van der Waals surface area contributed by atoms with Crippen LogP contribution in [-0.2, 0) is 13.0 Å². The predicted octanol–water partition coefficient (Wildman–Crippen LogP) is 3.21. The number of thiophene rings is 1. The fourth-order valence-electron chi connectivity index (χ4n) is 3.29. The van der Waals surface area contributed by atoms with Crippen LogP contribution in [0.1, 0.15) is 35.4 Å². The summed E-state index contributed by atoms with van der Waals surface area (Å²) in [5.41, 5.74) is 2.86. The van der Waals surface area contributed by atoms with Gasteiger partial charge in [0.15, 0.2) is 0 Å². The molecule has 1 aromatic heterocycles. The quantitative estimate of drug-likeness (QED) is 0.818. The molecule has 2 heterocycles. The lowest BCUT2D eigenvalue weighted by atomic mass is 10.00. The van der Waals surface area contributed by atoms with Crippen LogP contribution in [0.15, 0.2) is 41.8 Å². The Morgan fingerprint density at radius 2 is 2.04 bits per heavy atom. The SMILES string of the molecule is CCC(NCC(O)CN1CCc2ccccc2C1)c1cccs1. The maximum absolute atomic E-state index is 10.4. The fraction of sp³-hybridized carbons (Fsp3) is 0.474. The van der Waals surface area contributed by atoms with Crippen LogP contribution in [0.3, 0.4) is 0 Å². The summed E-state index contributed by atoms with van der Waals surface area (Å²) < 4.78 is 0. The second-order valence-corrected chi connectivity index (χ2v) is 7.27. The Balaban J connectivity index is 1.47. The van der Waals surface area contributed by atoms with Gasteiger partial charge in [-0.2, -0.15) is 0 Å². The van der Waals surface area contributed by atoms with E-state index in [0.29, 0.717) is 12.6 Å². The van der Waals surface area contributed by atoms with Crippen molar-refractivity contribution in [1.82, 2.24) is 10.2 Å². The number of aliphatic hydroxyl groups is 1. The van der Waals surface area contributed by atoms with Crippen LogP contribution in [0.25, 0.3) is 0 Å². The van der Waals surface area contributed by atoms with Gasteiger partial charge in [-0.25, -0.2) is 0 Å². The molecule has 3 nitrogen and oxygen atoms in total. The van der Waals surface area contributed by atoms with E-state index < -0.39 is 0 Å². The van der Waals surface area contributed by atoms with Crippen LogP contribution >= 0.6 is 11.3 Å². The highest BCUT2D eigenvalue weighted by molar-refractivity contribution is 7.10. The lowest BCUT2D eigenvalue weighted by Gasteiger charge is -2.30. The van der Waals surface area contributed by atoms with Gasteiger partial charge in [-0.3, -0.25) is 4.90 Å². The van der Waals surface area contributed by atoms with Crippen molar-refractivity contribution in [3.63, 3.8) is 0 Å². The summed E-state index contributed by atoms with van der Waals surface area (Å²) in [5.74, 6) is 0. The number of β-amino-alcohol motifs (C(OH)–C–C–N with tert-alkyl or cyclic N) is 1. The van der Waals surface area contributed by atoms with Crippen LogP contribution in [-0.4, -0.2) is 35.7 Å². The predicted molar refractivity (Wildman–Crippen MR) is 96.8 cm³/mol. The lowest BCUT2D eigenvalue weighted by Crippen LogP contribution is -2.41. The average molecular weight is 330 g/mol. The van der Waals surface area contributed by atoms with Gasteiger partial charge in [0.05, 0.1) is 6.10 Å². The molecule has 0 saturated heterocycles. The Bertz CT molecular complexity index is 599. The van der Waals surface area contributed by atoms with Crippen LogP contribution in [0.2, 0.25) is 0 Å². The summed E-state index contributed by atoms with van der Waals surface area (Å²) in [6, 6.07) is 13.3. The van der Waals surface area contributed by atoms with Crippen molar-refractivity contribution in [2.24, 2.45) is 0 Å². The number of aliphatic hydroxyl groups excluding tert-OH is 1. The number of fused-ring (bicyclic) bond motifs is 1. The highest BCUT2D eigenvalue weighted by Crippen LogP contribution is 2.22. The first-order chi connectivity index (χ1) is 11.3. The Hall–Kier alpha value is -1.20. The number of nitrogens with one attached hydrogen (secondary N) is 1. The molecule has 4 heteroatoms. The van der Waals surface area contributed by atoms with Crippen molar-refractivity contribution in [2.45, 2.75) is 38.5 Å². The first-order valence-electron chi connectivity index (χ1n) is 8.50. The summed E-state index contributed by atoms with van der Waals surface area (Å²) in [6.45, 7) is 5.56.